The molecule has 20 heavy (non-hydrogen) atoms. The standard InChI is InChI=1S/C14H9F2N3O/c15-14(16,18-19-17)13(20)12-8-6-11(7-9-12)10-4-2-1-3-5-10/h1-9H. The highest BCUT2D eigenvalue weighted by Gasteiger charge is 2.38. The largest absolute Gasteiger partial charge is 0.387 e. The number of carbonyl (C=O) groups excluding carboxylic acids is 1. The number of Topliss-reactive ketones (excluding diaryl/α,β-unsaturated/α-hetero) is 1. The van der Waals surface area contributed by atoms with Crippen molar-refractivity contribution in [2.24, 2.45) is 5.11 Å². The van der Waals surface area contributed by atoms with Crippen molar-refractivity contribution >= 4 is 5.78 Å². The third-order valence-corrected chi connectivity index (χ3v) is 2.70. The van der Waals surface area contributed by atoms with Crippen LogP contribution in [0.15, 0.2) is 59.7 Å². The molecule has 0 N–H and O–H groups in total. The summed E-state index contributed by atoms with van der Waals surface area (Å²) in [7, 11) is 0. The van der Waals surface area contributed by atoms with E-state index >= 15 is 0 Å². The van der Waals surface area contributed by atoms with Gasteiger partial charge in [-0.15, -0.1) is 0 Å². The van der Waals surface area contributed by atoms with Gasteiger partial charge >= 0.3 is 6.05 Å². The molecule has 2 aromatic carbocycles. The molecule has 0 amide bonds. The first kappa shape index (κ1) is 13.7. The zero-order chi connectivity index (χ0) is 14.6. The Morgan fingerprint density at radius 1 is 1.00 bits per heavy atom. The summed E-state index contributed by atoms with van der Waals surface area (Å²) in [5.41, 5.74) is 9.52. The zero-order valence-corrected chi connectivity index (χ0v) is 10.2. The molecule has 0 saturated heterocycles. The van der Waals surface area contributed by atoms with Crippen LogP contribution in [-0.4, -0.2) is 11.8 Å². The summed E-state index contributed by atoms with van der Waals surface area (Å²) in [6.07, 6.45) is 0. The zero-order valence-electron chi connectivity index (χ0n) is 10.2. The van der Waals surface area contributed by atoms with Crippen LogP contribution in [0.5, 0.6) is 0 Å². The lowest BCUT2D eigenvalue weighted by molar-refractivity contribution is 0.0148. The molecule has 6 heteroatoms. The molecule has 0 radical (unpaired) electrons. The quantitative estimate of drug-likeness (QED) is 0.267. The molecule has 4 nitrogen and oxygen atoms in total. The minimum absolute atomic E-state index is 0.206. The molecule has 0 bridgehead atoms. The highest BCUT2D eigenvalue weighted by molar-refractivity contribution is 6.01. The number of azide groups is 1. The molecule has 0 aromatic heterocycles. The Morgan fingerprint density at radius 2 is 1.55 bits per heavy atom. The smallest absolute Gasteiger partial charge is 0.287 e. The molecule has 0 unspecified atom stereocenters. The number of ketones is 1. The topological polar surface area (TPSA) is 65.8 Å². The minimum atomic E-state index is -4.07. The van der Waals surface area contributed by atoms with Gasteiger partial charge in [-0.25, -0.2) is 0 Å². The Bertz CT molecular complexity index is 663. The van der Waals surface area contributed by atoms with Crippen LogP contribution in [0.4, 0.5) is 8.78 Å². The predicted octanol–water partition coefficient (Wildman–Crippen LogP) is 4.44. The van der Waals surface area contributed by atoms with E-state index in [0.717, 1.165) is 11.1 Å². The summed E-state index contributed by atoms with van der Waals surface area (Å²) in [6.45, 7) is 0. The van der Waals surface area contributed by atoms with Crippen molar-refractivity contribution in [1.29, 1.82) is 0 Å². The predicted molar refractivity (Wildman–Crippen MR) is 70.3 cm³/mol. The number of benzene rings is 2. The van der Waals surface area contributed by atoms with Crippen molar-refractivity contribution in [2.45, 2.75) is 6.05 Å². The first-order valence-corrected chi connectivity index (χ1v) is 5.69. The summed E-state index contributed by atoms with van der Waals surface area (Å²) in [5.74, 6) is -1.52. The highest BCUT2D eigenvalue weighted by atomic mass is 19.3. The van der Waals surface area contributed by atoms with Crippen LogP contribution >= 0.6 is 0 Å². The Hall–Kier alpha value is -2.72. The van der Waals surface area contributed by atoms with Crippen LogP contribution in [0.25, 0.3) is 21.6 Å². The van der Waals surface area contributed by atoms with E-state index in [1.165, 1.54) is 12.1 Å². The number of halogens is 2. The van der Waals surface area contributed by atoms with Gasteiger partial charge in [0.2, 0.25) is 5.78 Å². The Labute approximate surface area is 113 Å². The Balaban J connectivity index is 2.29. The van der Waals surface area contributed by atoms with Gasteiger partial charge in [0, 0.05) is 10.5 Å². The van der Waals surface area contributed by atoms with E-state index in [0.29, 0.717) is 0 Å². The molecule has 0 saturated carbocycles. The molecular formula is C14H9F2N3O. The summed E-state index contributed by atoms with van der Waals surface area (Å²) in [6, 6.07) is 10.9. The van der Waals surface area contributed by atoms with Crippen molar-refractivity contribution in [1.82, 2.24) is 0 Å². The lowest BCUT2D eigenvalue weighted by Crippen LogP contribution is -2.25. The van der Waals surface area contributed by atoms with Crippen LogP contribution in [0, 0.1) is 0 Å². The Kier molecular flexibility index (Phi) is 3.77. The third-order valence-electron chi connectivity index (χ3n) is 2.70. The normalized spacial score (nSPS) is 10.7. The number of carbonyl (C=O) groups is 1. The maximum absolute atomic E-state index is 13.2. The van der Waals surface area contributed by atoms with Gasteiger partial charge in [-0.3, -0.25) is 4.79 Å². The van der Waals surface area contributed by atoms with Crippen molar-refractivity contribution in [2.75, 3.05) is 0 Å². The molecule has 0 spiro atoms. The summed E-state index contributed by atoms with van der Waals surface area (Å²) in [4.78, 5) is 13.5. The summed E-state index contributed by atoms with van der Waals surface area (Å²) >= 11 is 0. The van der Waals surface area contributed by atoms with Crippen molar-refractivity contribution < 1.29 is 13.6 Å². The molecular weight excluding hydrogens is 264 g/mol. The summed E-state index contributed by atoms with van der Waals surface area (Å²) < 4.78 is 26.3. The van der Waals surface area contributed by atoms with Crippen molar-refractivity contribution in [3.8, 4) is 11.1 Å². The van der Waals surface area contributed by atoms with Crippen molar-refractivity contribution in [3.05, 3.63) is 70.6 Å². The highest BCUT2D eigenvalue weighted by Crippen LogP contribution is 2.24. The van der Waals surface area contributed by atoms with Gasteiger partial charge in [-0.1, -0.05) is 54.6 Å². The second-order valence-corrected chi connectivity index (χ2v) is 4.00. The van der Waals surface area contributed by atoms with E-state index in [2.05, 4.69) is 5.11 Å². The van der Waals surface area contributed by atoms with E-state index in [-0.39, 0.29) is 5.56 Å². The second kappa shape index (κ2) is 5.50. The fraction of sp³-hybridized carbons (Fsp3) is 0.0714. The van der Waals surface area contributed by atoms with Gasteiger partial charge in [-0.2, -0.15) is 8.78 Å². The maximum atomic E-state index is 13.2. The van der Waals surface area contributed by atoms with Gasteiger partial charge < -0.3 is 0 Å². The van der Waals surface area contributed by atoms with Gasteiger partial charge in [0.15, 0.2) is 0 Å². The van der Waals surface area contributed by atoms with Crippen molar-refractivity contribution in [3.63, 3.8) is 0 Å². The number of alkyl halides is 2. The molecule has 2 aromatic rings. The molecule has 0 atom stereocenters. The fourth-order valence-electron chi connectivity index (χ4n) is 1.72. The molecule has 0 aliphatic heterocycles. The van der Waals surface area contributed by atoms with Crippen LogP contribution in [0.3, 0.4) is 0 Å². The fourth-order valence-corrected chi connectivity index (χ4v) is 1.72. The number of nitrogens with zero attached hydrogens (tertiary/aromatic N) is 3. The van der Waals surface area contributed by atoms with Crippen LogP contribution < -0.4 is 0 Å². The average molecular weight is 273 g/mol. The van der Waals surface area contributed by atoms with Crippen LogP contribution in [0.1, 0.15) is 10.4 Å². The molecule has 0 aliphatic carbocycles. The van der Waals surface area contributed by atoms with E-state index in [9.17, 15) is 13.6 Å². The lowest BCUT2D eigenvalue weighted by Gasteiger charge is -2.09. The molecule has 0 aliphatic rings. The monoisotopic (exact) mass is 273 g/mol. The van der Waals surface area contributed by atoms with Gasteiger partial charge in [0.1, 0.15) is 0 Å². The Morgan fingerprint density at radius 3 is 2.10 bits per heavy atom. The SMILES string of the molecule is [N-]=[N+]=NC(F)(F)C(=O)c1ccc(-c2ccccc2)cc1. The summed E-state index contributed by atoms with van der Waals surface area (Å²) in [5, 5.41) is 2.21. The van der Waals surface area contributed by atoms with Gasteiger partial charge in [0.05, 0.1) is 0 Å². The number of hydrogen-bond acceptors (Lipinski definition) is 2. The van der Waals surface area contributed by atoms with Crippen LogP contribution in [0.2, 0.25) is 0 Å². The minimum Gasteiger partial charge on any atom is -0.287 e. The molecule has 2 rings (SSSR count). The van der Waals surface area contributed by atoms with Gasteiger partial charge in [-0.05, 0) is 21.8 Å². The van der Waals surface area contributed by atoms with E-state index < -0.39 is 11.8 Å². The molecule has 0 fully saturated rings. The first-order chi connectivity index (χ1) is 9.54. The number of hydrogen-bond donors (Lipinski definition) is 0. The molecule has 100 valence electrons. The van der Waals surface area contributed by atoms with E-state index in [1.54, 1.807) is 12.1 Å². The number of rotatable bonds is 4. The molecule has 0 heterocycles. The van der Waals surface area contributed by atoms with Gasteiger partial charge in [0.25, 0.3) is 0 Å². The first-order valence-electron chi connectivity index (χ1n) is 5.69. The second-order valence-electron chi connectivity index (χ2n) is 4.00. The van der Waals surface area contributed by atoms with E-state index in [4.69, 9.17) is 5.53 Å². The van der Waals surface area contributed by atoms with E-state index in [1.807, 2.05) is 35.2 Å². The maximum Gasteiger partial charge on any atom is 0.387 e. The lowest BCUT2D eigenvalue weighted by atomic mass is 10.0. The average Bonchev–Trinajstić information content (AvgIpc) is 2.47. The third kappa shape index (κ3) is 2.81. The van der Waals surface area contributed by atoms with Crippen LogP contribution in [-0.2, 0) is 0 Å².